The zero-order valence-corrected chi connectivity index (χ0v) is 12.4. The Hall–Kier alpha value is -1.86. The second-order valence-corrected chi connectivity index (χ2v) is 5.33. The van der Waals surface area contributed by atoms with Gasteiger partial charge in [0.05, 0.1) is 11.7 Å². The van der Waals surface area contributed by atoms with Crippen molar-refractivity contribution >= 4 is 35.1 Å². The number of fused-ring (bicyclic) bond motifs is 1. The maximum absolute atomic E-state index is 14.5. The quantitative estimate of drug-likeness (QED) is 0.559. The number of alkyl halides is 2. The van der Waals surface area contributed by atoms with E-state index in [2.05, 4.69) is 27.6 Å². The van der Waals surface area contributed by atoms with Crippen LogP contribution in [0.5, 0.6) is 0 Å². The van der Waals surface area contributed by atoms with Crippen LogP contribution < -0.4 is 0 Å². The highest BCUT2D eigenvalue weighted by atomic mass is 35.5. The van der Waals surface area contributed by atoms with Gasteiger partial charge in [-0.25, -0.2) is 14.4 Å². The fourth-order valence-electron chi connectivity index (χ4n) is 1.90. The fraction of sp³-hybridized carbons (Fsp3) is 0.0714. The Morgan fingerprint density at radius 1 is 1.09 bits per heavy atom. The van der Waals surface area contributed by atoms with Gasteiger partial charge in [0.2, 0.25) is 5.82 Å². The molecule has 2 heterocycles. The average molecular weight is 342 g/mol. The first-order valence-corrected chi connectivity index (χ1v) is 6.87. The number of hydrogen-bond acceptors (Lipinski definition) is 4. The molecule has 0 aliphatic rings. The highest BCUT2D eigenvalue weighted by Gasteiger charge is 2.39. The number of halogens is 4. The van der Waals surface area contributed by atoms with Crippen LogP contribution in [0.2, 0.25) is 5.02 Å². The van der Waals surface area contributed by atoms with E-state index in [0.717, 1.165) is 12.1 Å². The molecule has 22 heavy (non-hydrogen) atoms. The first-order chi connectivity index (χ1) is 10.4. The molecule has 3 rings (SSSR count). The van der Waals surface area contributed by atoms with Gasteiger partial charge in [0.15, 0.2) is 0 Å². The highest BCUT2D eigenvalue weighted by molar-refractivity contribution is 7.80. The van der Waals surface area contributed by atoms with Gasteiger partial charge in [-0.15, -0.1) is 12.6 Å². The van der Waals surface area contributed by atoms with Gasteiger partial charge in [-0.2, -0.15) is 8.78 Å². The molecule has 112 valence electrons. The van der Waals surface area contributed by atoms with E-state index in [1.165, 1.54) is 6.07 Å². The average Bonchev–Trinajstić information content (AvgIpc) is 2.47. The number of pyridine rings is 1. The Morgan fingerprint density at radius 3 is 2.55 bits per heavy atom. The van der Waals surface area contributed by atoms with Gasteiger partial charge in [0.1, 0.15) is 16.5 Å². The molecular weight excluding hydrogens is 335 g/mol. The summed E-state index contributed by atoms with van der Waals surface area (Å²) in [6.45, 7) is 0. The highest BCUT2D eigenvalue weighted by Crippen LogP contribution is 2.34. The molecular formula is C14H7ClF3N3S. The number of benzene rings is 1. The van der Waals surface area contributed by atoms with Crippen LogP contribution in [0.25, 0.3) is 10.9 Å². The van der Waals surface area contributed by atoms with E-state index in [0.29, 0.717) is 16.6 Å². The van der Waals surface area contributed by atoms with Crippen LogP contribution in [0.1, 0.15) is 11.5 Å². The molecule has 0 amide bonds. The van der Waals surface area contributed by atoms with Crippen LogP contribution in [0, 0.1) is 5.82 Å². The summed E-state index contributed by atoms with van der Waals surface area (Å²) in [7, 11) is 0. The van der Waals surface area contributed by atoms with Crippen molar-refractivity contribution in [2.45, 2.75) is 10.9 Å². The molecule has 3 nitrogen and oxygen atoms in total. The monoisotopic (exact) mass is 341 g/mol. The molecule has 0 unspecified atom stereocenters. The third-order valence-electron chi connectivity index (χ3n) is 2.97. The third kappa shape index (κ3) is 2.62. The molecule has 0 aliphatic carbocycles. The first-order valence-electron chi connectivity index (χ1n) is 6.04. The molecule has 0 aliphatic heterocycles. The summed E-state index contributed by atoms with van der Waals surface area (Å²) in [6, 6.07) is 6.41. The lowest BCUT2D eigenvalue weighted by molar-refractivity contribution is 0.0277. The van der Waals surface area contributed by atoms with Crippen LogP contribution in [-0.2, 0) is 5.92 Å². The molecule has 0 saturated heterocycles. The first kappa shape index (κ1) is 15.1. The third-order valence-corrected chi connectivity index (χ3v) is 3.54. The standard InChI is InChI=1S/C14H7ClF3N3S/c15-7-1-3-9-10(5-7)20-13(21-12(9)22)14(17,18)11-4-2-8(16)6-19-11/h1-6H,(H,20,21,22). The Kier molecular flexibility index (Phi) is 3.70. The SMILES string of the molecule is Fc1ccc(C(F)(F)c2nc(S)c3ccc(Cl)cc3n2)nc1. The number of rotatable bonds is 2. The Labute approximate surface area is 133 Å². The number of aromatic nitrogens is 3. The van der Waals surface area contributed by atoms with E-state index in [-0.39, 0.29) is 10.5 Å². The van der Waals surface area contributed by atoms with Gasteiger partial charge in [0.25, 0.3) is 0 Å². The molecule has 0 saturated carbocycles. The maximum atomic E-state index is 14.5. The lowest BCUT2D eigenvalue weighted by atomic mass is 10.2. The van der Waals surface area contributed by atoms with E-state index in [4.69, 9.17) is 11.6 Å². The molecule has 0 radical (unpaired) electrons. The van der Waals surface area contributed by atoms with Crippen molar-refractivity contribution in [2.24, 2.45) is 0 Å². The summed E-state index contributed by atoms with van der Waals surface area (Å²) < 4.78 is 41.7. The van der Waals surface area contributed by atoms with Crippen molar-refractivity contribution in [3.05, 3.63) is 58.9 Å². The molecule has 0 atom stereocenters. The van der Waals surface area contributed by atoms with E-state index < -0.39 is 23.3 Å². The van der Waals surface area contributed by atoms with Crippen LogP contribution in [0.4, 0.5) is 13.2 Å². The van der Waals surface area contributed by atoms with Gasteiger partial charge in [-0.3, -0.25) is 4.98 Å². The van der Waals surface area contributed by atoms with Crippen molar-refractivity contribution in [3.63, 3.8) is 0 Å². The summed E-state index contributed by atoms with van der Waals surface area (Å²) in [6.07, 6.45) is 0.711. The summed E-state index contributed by atoms with van der Waals surface area (Å²) in [4.78, 5) is 11.0. The van der Waals surface area contributed by atoms with E-state index in [1.807, 2.05) is 0 Å². The van der Waals surface area contributed by atoms with Gasteiger partial charge in [0, 0.05) is 10.4 Å². The molecule has 3 aromatic rings. The fourth-order valence-corrected chi connectivity index (χ4v) is 2.35. The Bertz CT molecular complexity index is 856. The Balaban J connectivity index is 2.17. The predicted octanol–water partition coefficient (Wildman–Crippen LogP) is 4.25. The number of thiol groups is 1. The molecule has 0 bridgehead atoms. The zero-order chi connectivity index (χ0) is 15.9. The second-order valence-electron chi connectivity index (χ2n) is 4.47. The lowest BCUT2D eigenvalue weighted by Crippen LogP contribution is -2.21. The van der Waals surface area contributed by atoms with Crippen LogP contribution >= 0.6 is 24.2 Å². The molecule has 1 aromatic carbocycles. The van der Waals surface area contributed by atoms with Crippen molar-refractivity contribution in [3.8, 4) is 0 Å². The summed E-state index contributed by atoms with van der Waals surface area (Å²) in [5.41, 5.74) is -0.410. The van der Waals surface area contributed by atoms with E-state index in [9.17, 15) is 13.2 Å². The lowest BCUT2D eigenvalue weighted by Gasteiger charge is -2.15. The van der Waals surface area contributed by atoms with E-state index in [1.54, 1.807) is 12.1 Å². The predicted molar refractivity (Wildman–Crippen MR) is 79.0 cm³/mol. The maximum Gasteiger partial charge on any atom is 0.348 e. The van der Waals surface area contributed by atoms with Crippen molar-refractivity contribution in [1.82, 2.24) is 15.0 Å². The molecule has 8 heteroatoms. The van der Waals surface area contributed by atoms with Gasteiger partial charge in [-0.05, 0) is 30.3 Å². The molecule has 0 N–H and O–H groups in total. The van der Waals surface area contributed by atoms with Crippen LogP contribution in [0.15, 0.2) is 41.6 Å². The Morgan fingerprint density at radius 2 is 1.86 bits per heavy atom. The van der Waals surface area contributed by atoms with Crippen LogP contribution in [-0.4, -0.2) is 15.0 Å². The minimum atomic E-state index is -3.58. The van der Waals surface area contributed by atoms with Gasteiger partial charge >= 0.3 is 5.92 Å². The molecule has 0 fully saturated rings. The van der Waals surface area contributed by atoms with Gasteiger partial charge in [-0.1, -0.05) is 11.6 Å². The summed E-state index contributed by atoms with van der Waals surface area (Å²) in [5.74, 6) is -5.06. The van der Waals surface area contributed by atoms with Gasteiger partial charge < -0.3 is 0 Å². The smallest absolute Gasteiger partial charge is 0.251 e. The largest absolute Gasteiger partial charge is 0.348 e. The topological polar surface area (TPSA) is 38.7 Å². The van der Waals surface area contributed by atoms with Crippen molar-refractivity contribution in [2.75, 3.05) is 0 Å². The summed E-state index contributed by atoms with van der Waals surface area (Å²) in [5, 5.41) is 0.950. The number of nitrogens with zero attached hydrogens (tertiary/aromatic N) is 3. The summed E-state index contributed by atoms with van der Waals surface area (Å²) >= 11 is 9.95. The second kappa shape index (κ2) is 5.40. The molecule has 0 spiro atoms. The van der Waals surface area contributed by atoms with Crippen molar-refractivity contribution in [1.29, 1.82) is 0 Å². The minimum absolute atomic E-state index is 0.0958. The minimum Gasteiger partial charge on any atom is -0.251 e. The van der Waals surface area contributed by atoms with Crippen molar-refractivity contribution < 1.29 is 13.2 Å². The normalized spacial score (nSPS) is 11.9. The van der Waals surface area contributed by atoms with E-state index >= 15 is 0 Å². The molecule has 2 aromatic heterocycles. The number of hydrogen-bond donors (Lipinski definition) is 1. The van der Waals surface area contributed by atoms with Crippen LogP contribution in [0.3, 0.4) is 0 Å². The zero-order valence-electron chi connectivity index (χ0n) is 10.8.